The van der Waals surface area contributed by atoms with Gasteiger partial charge in [-0.15, -0.1) is 0 Å². The average Bonchev–Trinajstić information content (AvgIpc) is 1.28. The Balaban J connectivity index is 1.15. The second kappa shape index (κ2) is 40.5. The van der Waals surface area contributed by atoms with Crippen LogP contribution in [0.5, 0.6) is 0 Å². The highest BCUT2D eigenvalue weighted by molar-refractivity contribution is 5.18. The van der Waals surface area contributed by atoms with Gasteiger partial charge in [-0.25, -0.2) is 0 Å². The Hall–Kier alpha value is -1.88. The van der Waals surface area contributed by atoms with Crippen LogP contribution >= 0.6 is 0 Å². The number of allylic oxidation sites excluding steroid dienone is 4. The molecule has 101 heavy (non-hydrogen) atoms. The number of methoxy groups -OCH3 is 20. The summed E-state index contributed by atoms with van der Waals surface area (Å²) < 4.78 is 222. The fourth-order valence-electron chi connectivity index (χ4n) is 15.6. The van der Waals surface area contributed by atoms with Gasteiger partial charge in [0.05, 0.1) is 45.7 Å². The van der Waals surface area contributed by atoms with Crippen LogP contribution in [0.15, 0.2) is 24.3 Å². The van der Waals surface area contributed by atoms with Gasteiger partial charge in [-0.3, -0.25) is 0 Å². The number of hydrogen-bond acceptors (Lipinski definition) is 34. The SMILES string of the molecule is COC[C@H]1O[C@@H]2O[C@H]3[C@H](OC)[C@@H](OC)[C@@H](O[C@H]4[C@H](OC)[C@@H](OC)[C@@H](O[C@H]5[C@H](OC)[C@@H](OC)[C@@H](O[C@H]6[C@H](OC)[C@@H](OC)[C@@H](O[C@H]7[C@H](OC)[C@@H](OC)[C@@H](O[C@H]8[C@H](OC)[C@@H](OC)[C@@H](O[C@H]1[C@H](OC)[C@H]2OC)O[C@@H]8COC)O[C@@H]7COC)O[C@@H]6COC)O[C@@H]5CC1C=CC=C1)O[C@@H]4COC)O[C@@H]3COC. The second-order valence-electron chi connectivity index (χ2n) is 25.7. The van der Waals surface area contributed by atoms with E-state index in [-0.39, 0.29) is 45.6 Å². The monoisotopic (exact) mass is 1460 g/mol. The minimum atomic E-state index is -1.22. The second-order valence-corrected chi connectivity index (χ2v) is 25.7. The summed E-state index contributed by atoms with van der Waals surface area (Å²) in [6.45, 7) is -0.187. The van der Waals surface area contributed by atoms with Gasteiger partial charge in [0.15, 0.2) is 44.0 Å². The average molecular weight is 1460 g/mol. The van der Waals surface area contributed by atoms with Crippen molar-refractivity contribution >= 4 is 0 Å². The van der Waals surface area contributed by atoms with Gasteiger partial charge < -0.3 is 161 Å². The van der Waals surface area contributed by atoms with Crippen LogP contribution in [-0.4, -0.2) is 397 Å². The first-order valence-electron chi connectivity index (χ1n) is 34.1. The molecule has 22 rings (SSSR count). The quantitative estimate of drug-likeness (QED) is 0.0995. The van der Waals surface area contributed by atoms with Gasteiger partial charge in [-0.05, 0) is 12.3 Å². The highest BCUT2D eigenvalue weighted by Crippen LogP contribution is 2.44. The molecule has 21 aliphatic heterocycles. The predicted molar refractivity (Wildman–Crippen MR) is 344 cm³/mol. The molecule has 1 aliphatic carbocycles. The van der Waals surface area contributed by atoms with Crippen molar-refractivity contribution in [3.05, 3.63) is 24.3 Å². The lowest BCUT2D eigenvalue weighted by molar-refractivity contribution is -0.402. The maximum atomic E-state index is 7.22. The third-order valence-electron chi connectivity index (χ3n) is 20.3. The highest BCUT2D eigenvalue weighted by atomic mass is 16.8. The van der Waals surface area contributed by atoms with Crippen molar-refractivity contribution in [2.45, 2.75) is 221 Å². The van der Waals surface area contributed by atoms with Crippen LogP contribution < -0.4 is 0 Å². The lowest BCUT2D eigenvalue weighted by atomic mass is 9.90. The third kappa shape index (κ3) is 18.2. The van der Waals surface area contributed by atoms with E-state index in [0.717, 1.165) is 0 Å². The molecular formula is C67H114O34. The van der Waals surface area contributed by atoms with Crippen molar-refractivity contribution < 1.29 is 161 Å². The topological polar surface area (TPSA) is 314 Å². The van der Waals surface area contributed by atoms with Crippen molar-refractivity contribution in [1.82, 2.24) is 0 Å². The Morgan fingerprint density at radius 1 is 0.188 bits per heavy atom. The van der Waals surface area contributed by atoms with E-state index in [1.165, 1.54) is 121 Å². The molecule has 0 radical (unpaired) electrons. The number of ether oxygens (including phenoxy) is 34. The van der Waals surface area contributed by atoms with Crippen LogP contribution in [0.3, 0.4) is 0 Å². The first-order valence-corrected chi connectivity index (χ1v) is 34.1. The molecule has 0 aromatic rings. The molecule has 586 valence electrons. The molecule has 0 saturated carbocycles. The summed E-state index contributed by atoms with van der Waals surface area (Å²) >= 11 is 0. The molecule has 21 fully saturated rings. The summed E-state index contributed by atoms with van der Waals surface area (Å²) in [6.07, 6.45) is -26.9. The molecule has 0 spiro atoms. The molecule has 0 unspecified atom stereocenters. The van der Waals surface area contributed by atoms with Crippen LogP contribution in [0.4, 0.5) is 0 Å². The van der Waals surface area contributed by atoms with E-state index in [1.807, 2.05) is 12.2 Å². The van der Waals surface area contributed by atoms with E-state index >= 15 is 0 Å². The minimum absolute atomic E-state index is 0.0246. The number of rotatable bonds is 28. The van der Waals surface area contributed by atoms with E-state index in [0.29, 0.717) is 6.42 Å². The van der Waals surface area contributed by atoms with Crippen LogP contribution in [0.1, 0.15) is 6.42 Å². The Morgan fingerprint density at radius 3 is 0.485 bits per heavy atom. The van der Waals surface area contributed by atoms with E-state index < -0.39 is 215 Å². The first-order chi connectivity index (χ1) is 49.2. The van der Waals surface area contributed by atoms with Gasteiger partial charge >= 0.3 is 0 Å². The highest BCUT2D eigenvalue weighted by Gasteiger charge is 2.62. The van der Waals surface area contributed by atoms with Gasteiger partial charge in [0.2, 0.25) is 0 Å². The molecule has 0 N–H and O–H groups in total. The van der Waals surface area contributed by atoms with Gasteiger partial charge in [0, 0.05) is 142 Å². The zero-order valence-electron chi connectivity index (χ0n) is 61.9. The first kappa shape index (κ1) is 83.2. The summed E-state index contributed by atoms with van der Waals surface area (Å²) in [5, 5.41) is 0. The van der Waals surface area contributed by atoms with Crippen molar-refractivity contribution in [2.75, 3.05) is 182 Å². The van der Waals surface area contributed by atoms with Gasteiger partial charge in [-0.2, -0.15) is 0 Å². The molecule has 22 aliphatic rings. The fraction of sp³-hybridized carbons (Fsp3) is 0.940. The molecule has 0 aromatic carbocycles. The molecule has 0 aromatic heterocycles. The lowest BCUT2D eigenvalue weighted by Gasteiger charge is -2.52. The number of hydrogen-bond donors (Lipinski definition) is 0. The maximum Gasteiger partial charge on any atom is 0.187 e. The summed E-state index contributed by atoms with van der Waals surface area (Å²) in [5.41, 5.74) is 0. The Morgan fingerprint density at radius 2 is 0.337 bits per heavy atom. The summed E-state index contributed by atoms with van der Waals surface area (Å²) in [4.78, 5) is 0. The van der Waals surface area contributed by atoms with Crippen molar-refractivity contribution in [1.29, 1.82) is 0 Å². The summed E-state index contributed by atoms with van der Waals surface area (Å²) in [7, 11) is 30.5. The molecule has 14 bridgehead atoms. The Kier molecular flexibility index (Phi) is 33.4. The smallest absolute Gasteiger partial charge is 0.187 e. The van der Waals surface area contributed by atoms with E-state index in [9.17, 15) is 0 Å². The maximum absolute atomic E-state index is 7.22. The third-order valence-corrected chi connectivity index (χ3v) is 20.3. The largest absolute Gasteiger partial charge is 0.382 e. The summed E-state index contributed by atoms with van der Waals surface area (Å²) in [5.74, 6) is -0.0970. The normalized spacial score (nSPS) is 45.7. The van der Waals surface area contributed by atoms with Crippen LogP contribution in [-0.2, 0) is 161 Å². The minimum Gasteiger partial charge on any atom is -0.382 e. The molecule has 21 saturated heterocycles. The Bertz CT molecular complexity index is 2380. The van der Waals surface area contributed by atoms with Crippen molar-refractivity contribution in [3.8, 4) is 0 Å². The van der Waals surface area contributed by atoms with Crippen LogP contribution in [0.25, 0.3) is 0 Å². The van der Waals surface area contributed by atoms with E-state index in [2.05, 4.69) is 12.2 Å². The molecule has 34 nitrogen and oxygen atoms in total. The molecule has 0 amide bonds. The standard InChI is InChI=1S/C67H114O34/c1-68-26-34-41-48(75-8)56(83-16)63(90-34)98-43-36(28-70-3)92-65(58(85-18)50(43)77-10)100-45-38(30-72-5)94-67(60(87-20)52(45)79-12)101-46-39(31-73-6)93-66(59(86-19)53(46)80-13)99-44-37(29-71-4)91-64(57(84-17)51(44)78-11)97-42-35(27-69-2)89-62(55(82-15)49(42)76-9)95-40-33(25-32-23-21-22-24-32)88-61(96-41)54(81-14)47(40)74-7/h21-24,32-67H,25-31H2,1-20H3/t33-,34-,35-,36-,37-,38-,39-,40-,41-,42-,43-,44-,45-,46-,47+,48+,49+,50+,51+,52+,53+,54-,55-,56-,57-,58-,59-,60-,61-,62-,63-,64-,65-,66-,67-/m1/s1. The van der Waals surface area contributed by atoms with Crippen molar-refractivity contribution in [2.24, 2.45) is 5.92 Å². The van der Waals surface area contributed by atoms with E-state index in [4.69, 9.17) is 161 Å². The van der Waals surface area contributed by atoms with Gasteiger partial charge in [0.25, 0.3) is 0 Å². The molecule has 34 heteroatoms. The van der Waals surface area contributed by atoms with Crippen LogP contribution in [0, 0.1) is 5.92 Å². The lowest BCUT2D eigenvalue weighted by Crippen LogP contribution is -2.69. The van der Waals surface area contributed by atoms with Gasteiger partial charge in [0.1, 0.15) is 165 Å². The predicted octanol–water partition coefficient (Wildman–Crippen LogP) is -0.00860. The molecule has 35 atom stereocenters. The summed E-state index contributed by atoms with van der Waals surface area (Å²) in [6, 6.07) is 0. The zero-order chi connectivity index (χ0) is 72.6. The van der Waals surface area contributed by atoms with Crippen LogP contribution in [0.2, 0.25) is 0 Å². The van der Waals surface area contributed by atoms with E-state index in [1.54, 1.807) is 21.3 Å². The zero-order valence-corrected chi connectivity index (χ0v) is 61.9. The van der Waals surface area contributed by atoms with Crippen molar-refractivity contribution in [3.63, 3.8) is 0 Å². The molecular weight excluding hydrogens is 1350 g/mol. The van der Waals surface area contributed by atoms with Gasteiger partial charge in [-0.1, -0.05) is 24.3 Å². The Labute approximate surface area is 592 Å². The molecule has 21 heterocycles. The fourth-order valence-corrected chi connectivity index (χ4v) is 15.6.